The molecule has 0 saturated carbocycles. The molecule has 0 aliphatic carbocycles. The summed E-state index contributed by atoms with van der Waals surface area (Å²) in [5.41, 5.74) is 6.32. The smallest absolute Gasteiger partial charge is 0.0629 e. The molecule has 0 atom stereocenters. The van der Waals surface area contributed by atoms with E-state index in [2.05, 4.69) is 83.4 Å². The summed E-state index contributed by atoms with van der Waals surface area (Å²) in [7, 11) is 0. The molecule has 0 amide bonds. The molecule has 182 valence electrons. The molecule has 0 aliphatic heterocycles. The maximum Gasteiger partial charge on any atom is 0.0629 e. The van der Waals surface area contributed by atoms with Crippen LogP contribution in [0.25, 0.3) is 71.3 Å². The molecule has 8 aromatic rings. The summed E-state index contributed by atoms with van der Waals surface area (Å²) in [5.74, 6) is 0. The Labute approximate surface area is 234 Å². The Morgan fingerprint density at radius 2 is 0.923 bits per heavy atom. The predicted octanol–water partition coefficient (Wildman–Crippen LogP) is 10.4. The van der Waals surface area contributed by atoms with Gasteiger partial charge in [-0.1, -0.05) is 121 Å². The van der Waals surface area contributed by atoms with Crippen molar-refractivity contribution in [3.63, 3.8) is 0 Å². The number of fused-ring (bicyclic) bond motifs is 5. The highest BCUT2D eigenvalue weighted by molar-refractivity contribution is 6.22. The minimum atomic E-state index is -0.392. The van der Waals surface area contributed by atoms with Crippen molar-refractivity contribution in [2.75, 3.05) is 0 Å². The SMILES string of the molecule is [2H]c1c([2H])c([2H])c(-c2c3ccccc3c(-c3ccc4c(c3)c3ccccc3n4-c3ccccc3)c3ccccc23)c([2H])c1[2H]. The van der Waals surface area contributed by atoms with Crippen LogP contribution in [0, 0.1) is 0 Å². The molecule has 1 nitrogen and oxygen atoms in total. The molecule has 1 heterocycles. The summed E-state index contributed by atoms with van der Waals surface area (Å²) >= 11 is 0. The van der Waals surface area contributed by atoms with Crippen molar-refractivity contribution in [3.8, 4) is 27.9 Å². The maximum atomic E-state index is 8.81. The van der Waals surface area contributed by atoms with E-state index in [-0.39, 0.29) is 29.7 Å². The zero-order valence-electron chi connectivity index (χ0n) is 26.0. The Balaban J connectivity index is 1.49. The van der Waals surface area contributed by atoms with E-state index in [1.165, 1.54) is 0 Å². The zero-order chi connectivity index (χ0) is 30.1. The quantitative estimate of drug-likeness (QED) is 0.213. The summed E-state index contributed by atoms with van der Waals surface area (Å²) in [5, 5.41) is 5.90. The Morgan fingerprint density at radius 1 is 0.410 bits per heavy atom. The molecular weight excluding hydrogens is 470 g/mol. The van der Waals surface area contributed by atoms with Crippen LogP contribution in [-0.2, 0) is 0 Å². The largest absolute Gasteiger partial charge is 0.309 e. The van der Waals surface area contributed by atoms with E-state index in [1.807, 2.05) is 42.5 Å². The summed E-state index contributed by atoms with van der Waals surface area (Å²) in [6.45, 7) is 0. The van der Waals surface area contributed by atoms with Gasteiger partial charge in [0.2, 0.25) is 0 Å². The molecule has 39 heavy (non-hydrogen) atoms. The molecule has 0 radical (unpaired) electrons. The number of hydrogen-bond donors (Lipinski definition) is 0. The third-order valence-corrected chi connectivity index (χ3v) is 7.66. The van der Waals surface area contributed by atoms with E-state index in [0.717, 1.165) is 60.2 Å². The van der Waals surface area contributed by atoms with Crippen LogP contribution in [-0.4, -0.2) is 4.57 Å². The highest BCUT2D eigenvalue weighted by Gasteiger charge is 2.18. The number of aromatic nitrogens is 1. The number of para-hydroxylation sites is 2. The minimum absolute atomic E-state index is 0.200. The van der Waals surface area contributed by atoms with Crippen molar-refractivity contribution < 1.29 is 6.85 Å². The number of benzene rings is 7. The predicted molar refractivity (Wildman–Crippen MR) is 167 cm³/mol. The lowest BCUT2D eigenvalue weighted by molar-refractivity contribution is 1.18. The Hall–Kier alpha value is -5.14. The normalized spacial score (nSPS) is 13.4. The molecule has 0 fully saturated rings. The van der Waals surface area contributed by atoms with Gasteiger partial charge < -0.3 is 4.57 Å². The van der Waals surface area contributed by atoms with Crippen molar-refractivity contribution in [2.24, 2.45) is 0 Å². The second-order valence-corrected chi connectivity index (χ2v) is 9.76. The van der Waals surface area contributed by atoms with E-state index in [0.29, 0.717) is 5.56 Å². The lowest BCUT2D eigenvalue weighted by Crippen LogP contribution is -1.93. The highest BCUT2D eigenvalue weighted by atomic mass is 15.0. The second kappa shape index (κ2) is 8.72. The fraction of sp³-hybridized carbons (Fsp3) is 0. The Kier molecular flexibility index (Phi) is 3.89. The van der Waals surface area contributed by atoms with Crippen LogP contribution in [0.5, 0.6) is 0 Å². The average Bonchev–Trinajstić information content (AvgIpc) is 3.40. The van der Waals surface area contributed by atoms with Crippen LogP contribution in [0.4, 0.5) is 0 Å². The second-order valence-electron chi connectivity index (χ2n) is 9.76. The minimum Gasteiger partial charge on any atom is -0.309 e. The monoisotopic (exact) mass is 500 g/mol. The third-order valence-electron chi connectivity index (χ3n) is 7.66. The van der Waals surface area contributed by atoms with Gasteiger partial charge >= 0.3 is 0 Å². The van der Waals surface area contributed by atoms with Gasteiger partial charge in [-0.3, -0.25) is 0 Å². The van der Waals surface area contributed by atoms with Crippen LogP contribution in [0.1, 0.15) is 6.85 Å². The van der Waals surface area contributed by atoms with Crippen LogP contribution < -0.4 is 0 Å². The molecule has 0 spiro atoms. The lowest BCUT2D eigenvalue weighted by Gasteiger charge is -2.18. The van der Waals surface area contributed by atoms with Crippen molar-refractivity contribution in [1.29, 1.82) is 0 Å². The number of rotatable bonds is 3. The molecule has 1 aromatic heterocycles. The van der Waals surface area contributed by atoms with Crippen LogP contribution in [0.3, 0.4) is 0 Å². The van der Waals surface area contributed by atoms with Gasteiger partial charge in [-0.15, -0.1) is 0 Å². The first kappa shape index (κ1) is 17.4. The fourth-order valence-corrected chi connectivity index (χ4v) is 6.07. The number of nitrogens with zero attached hydrogens (tertiary/aromatic N) is 1. The van der Waals surface area contributed by atoms with E-state index in [1.54, 1.807) is 0 Å². The molecule has 0 N–H and O–H groups in total. The van der Waals surface area contributed by atoms with Gasteiger partial charge in [-0.25, -0.2) is 0 Å². The third kappa shape index (κ3) is 3.34. The van der Waals surface area contributed by atoms with E-state index >= 15 is 0 Å². The average molecular weight is 501 g/mol. The first-order valence-corrected chi connectivity index (χ1v) is 13.1. The van der Waals surface area contributed by atoms with Crippen molar-refractivity contribution >= 4 is 43.4 Å². The molecule has 0 unspecified atom stereocenters. The Bertz CT molecular complexity index is 2360. The van der Waals surface area contributed by atoms with Gasteiger partial charge in [0.05, 0.1) is 17.9 Å². The van der Waals surface area contributed by atoms with Gasteiger partial charge in [0.25, 0.3) is 0 Å². The summed E-state index contributed by atoms with van der Waals surface area (Å²) < 4.78 is 44.8. The van der Waals surface area contributed by atoms with Crippen molar-refractivity contribution in [1.82, 2.24) is 4.57 Å². The molecule has 0 bridgehead atoms. The van der Waals surface area contributed by atoms with Gasteiger partial charge in [-0.2, -0.15) is 0 Å². The molecule has 0 saturated heterocycles. The topological polar surface area (TPSA) is 4.93 Å². The first-order chi connectivity index (χ1) is 21.5. The van der Waals surface area contributed by atoms with E-state index < -0.39 is 6.04 Å². The summed E-state index contributed by atoms with van der Waals surface area (Å²) in [6, 6.07) is 40.0. The summed E-state index contributed by atoms with van der Waals surface area (Å²) in [4.78, 5) is 0. The molecule has 8 rings (SSSR count). The molecular formula is C38H25N. The van der Waals surface area contributed by atoms with E-state index in [4.69, 9.17) is 6.85 Å². The number of hydrogen-bond acceptors (Lipinski definition) is 0. The van der Waals surface area contributed by atoms with Gasteiger partial charge in [-0.05, 0) is 74.1 Å². The van der Waals surface area contributed by atoms with Crippen LogP contribution in [0.15, 0.2) is 152 Å². The molecule has 7 aromatic carbocycles. The Morgan fingerprint density at radius 3 is 1.56 bits per heavy atom. The van der Waals surface area contributed by atoms with Crippen LogP contribution in [0.2, 0.25) is 0 Å². The first-order valence-electron chi connectivity index (χ1n) is 15.6. The van der Waals surface area contributed by atoms with E-state index in [9.17, 15) is 0 Å². The molecule has 1 heteroatoms. The van der Waals surface area contributed by atoms with Gasteiger partial charge in [0, 0.05) is 16.5 Å². The van der Waals surface area contributed by atoms with Gasteiger partial charge in [0.1, 0.15) is 0 Å². The lowest BCUT2D eigenvalue weighted by atomic mass is 9.86. The van der Waals surface area contributed by atoms with Crippen molar-refractivity contribution in [2.45, 2.75) is 0 Å². The van der Waals surface area contributed by atoms with Crippen LogP contribution >= 0.6 is 0 Å². The standard InChI is InChI=1S/C38H25N/c1-3-13-26(14-4-1)37-30-18-7-9-20-32(30)38(33-21-10-8-19-31(33)37)27-23-24-36-34(25-27)29-17-11-12-22-35(29)39(36)28-15-5-2-6-16-28/h1-25H/i1D,3D,4D,13D,14D. The fourth-order valence-electron chi connectivity index (χ4n) is 6.07. The highest BCUT2D eigenvalue weighted by Crippen LogP contribution is 2.44. The van der Waals surface area contributed by atoms with Crippen molar-refractivity contribution in [3.05, 3.63) is 152 Å². The van der Waals surface area contributed by atoms with Gasteiger partial charge in [0.15, 0.2) is 0 Å². The maximum absolute atomic E-state index is 8.81. The zero-order valence-corrected chi connectivity index (χ0v) is 21.0. The summed E-state index contributed by atoms with van der Waals surface area (Å²) in [6.07, 6.45) is 0. The molecule has 0 aliphatic rings.